The van der Waals surface area contributed by atoms with Gasteiger partial charge in [0.1, 0.15) is 11.8 Å². The lowest BCUT2D eigenvalue weighted by atomic mass is 9.78. The van der Waals surface area contributed by atoms with Gasteiger partial charge in [-0.2, -0.15) is 0 Å². The van der Waals surface area contributed by atoms with Crippen LogP contribution in [0.1, 0.15) is 49.0 Å². The molecule has 1 N–H and O–H groups in total. The summed E-state index contributed by atoms with van der Waals surface area (Å²) in [6.07, 6.45) is 1.69. The maximum Gasteiger partial charge on any atom is 0.275 e. The number of carbonyl (C=O) groups excluding carboxylic acids is 2. The average molecular weight is 307 g/mol. The number of nitrogens with zero attached hydrogens (tertiary/aromatic N) is 2. The van der Waals surface area contributed by atoms with E-state index in [4.69, 9.17) is 4.84 Å². The van der Waals surface area contributed by atoms with Crippen molar-refractivity contribution in [2.24, 2.45) is 10.6 Å². The molecule has 112 valence electrons. The highest BCUT2D eigenvalue weighted by Crippen LogP contribution is 2.38. The first-order chi connectivity index (χ1) is 9.84. The molecule has 2 heterocycles. The van der Waals surface area contributed by atoms with Crippen LogP contribution in [-0.4, -0.2) is 28.5 Å². The summed E-state index contributed by atoms with van der Waals surface area (Å²) in [7, 11) is 0. The monoisotopic (exact) mass is 307 g/mol. The van der Waals surface area contributed by atoms with Gasteiger partial charge in [0.2, 0.25) is 0 Å². The van der Waals surface area contributed by atoms with E-state index < -0.39 is 0 Å². The molecule has 7 heteroatoms. The molecule has 0 fully saturated rings. The smallest absolute Gasteiger partial charge is 0.275 e. The van der Waals surface area contributed by atoms with Crippen molar-refractivity contribution in [3.63, 3.8) is 0 Å². The van der Waals surface area contributed by atoms with E-state index in [-0.39, 0.29) is 23.2 Å². The van der Waals surface area contributed by atoms with Crippen LogP contribution in [0.5, 0.6) is 0 Å². The molecule has 0 saturated carbocycles. The van der Waals surface area contributed by atoms with E-state index in [9.17, 15) is 9.59 Å². The number of carbonyl (C=O) groups is 2. The molecule has 2 aliphatic rings. The number of hydrogen-bond donors (Lipinski definition) is 1. The summed E-state index contributed by atoms with van der Waals surface area (Å²) < 4.78 is 0. The van der Waals surface area contributed by atoms with E-state index >= 15 is 0 Å². The predicted molar refractivity (Wildman–Crippen MR) is 79.8 cm³/mol. The van der Waals surface area contributed by atoms with Crippen LogP contribution in [0.3, 0.4) is 0 Å². The van der Waals surface area contributed by atoms with Crippen molar-refractivity contribution in [3.8, 4) is 0 Å². The second-order valence-electron chi connectivity index (χ2n) is 6.35. The van der Waals surface area contributed by atoms with E-state index in [2.05, 4.69) is 29.3 Å². The van der Waals surface area contributed by atoms with Crippen molar-refractivity contribution < 1.29 is 14.4 Å². The SMILES string of the molecule is CC1CC(C(=O)Nc2nc3c(s2)C(=O)CC(C)(C)C3)=NO1. The molecule has 21 heavy (non-hydrogen) atoms. The van der Waals surface area contributed by atoms with Crippen molar-refractivity contribution >= 4 is 33.9 Å². The number of thiazole rings is 1. The van der Waals surface area contributed by atoms with Gasteiger partial charge in [0.05, 0.1) is 10.6 Å². The van der Waals surface area contributed by atoms with Crippen molar-refractivity contribution in [1.82, 2.24) is 4.98 Å². The number of Topliss-reactive ketones (excluding diaryl/α,β-unsaturated/α-hetero) is 1. The molecule has 0 radical (unpaired) electrons. The number of aromatic nitrogens is 1. The highest BCUT2D eigenvalue weighted by molar-refractivity contribution is 7.17. The van der Waals surface area contributed by atoms with Crippen molar-refractivity contribution in [2.45, 2.75) is 46.1 Å². The predicted octanol–water partition coefficient (Wildman–Crippen LogP) is 2.40. The normalized spacial score (nSPS) is 23.3. The Morgan fingerprint density at radius 3 is 2.86 bits per heavy atom. The second kappa shape index (κ2) is 4.91. The van der Waals surface area contributed by atoms with Gasteiger partial charge in [-0.1, -0.05) is 30.3 Å². The molecule has 1 aromatic rings. The number of fused-ring (bicyclic) bond motifs is 1. The van der Waals surface area contributed by atoms with Gasteiger partial charge in [-0.25, -0.2) is 4.98 Å². The Kier molecular flexibility index (Phi) is 3.32. The Labute approximate surface area is 126 Å². The lowest BCUT2D eigenvalue weighted by Gasteiger charge is -2.26. The minimum absolute atomic E-state index is 0.0712. The fraction of sp³-hybridized carbons (Fsp3) is 0.571. The first-order valence-corrected chi connectivity index (χ1v) is 7.73. The zero-order valence-corrected chi connectivity index (χ0v) is 13.0. The van der Waals surface area contributed by atoms with Crippen molar-refractivity contribution in [3.05, 3.63) is 10.6 Å². The molecule has 6 nitrogen and oxygen atoms in total. The fourth-order valence-electron chi connectivity index (χ4n) is 2.58. The zero-order chi connectivity index (χ0) is 15.2. The van der Waals surface area contributed by atoms with Crippen LogP contribution < -0.4 is 5.32 Å². The Bertz CT molecular complexity index is 648. The van der Waals surface area contributed by atoms with Crippen LogP contribution >= 0.6 is 11.3 Å². The van der Waals surface area contributed by atoms with E-state index in [1.54, 1.807) is 0 Å². The van der Waals surface area contributed by atoms with E-state index in [0.717, 1.165) is 12.1 Å². The van der Waals surface area contributed by atoms with Crippen LogP contribution in [0.4, 0.5) is 5.13 Å². The Morgan fingerprint density at radius 1 is 1.43 bits per heavy atom. The average Bonchev–Trinajstić information content (AvgIpc) is 2.94. The number of ketones is 1. The molecule has 0 aromatic carbocycles. The number of amides is 1. The quantitative estimate of drug-likeness (QED) is 0.909. The minimum atomic E-state index is -0.308. The third kappa shape index (κ3) is 2.83. The van der Waals surface area contributed by atoms with E-state index in [0.29, 0.717) is 28.6 Å². The fourth-order valence-corrected chi connectivity index (χ4v) is 3.49. The maximum atomic E-state index is 12.1. The standard InChI is InChI=1S/C14H17N3O3S/c1-7-4-8(17-20-7)12(19)16-13-15-9-5-14(2,3)6-10(18)11(9)21-13/h7H,4-6H2,1-3H3,(H,15,16,19). The summed E-state index contributed by atoms with van der Waals surface area (Å²) in [4.78, 5) is 34.2. The number of anilines is 1. The molecule has 1 unspecified atom stereocenters. The molecular formula is C14H17N3O3S. The van der Waals surface area contributed by atoms with Gasteiger partial charge < -0.3 is 4.84 Å². The van der Waals surface area contributed by atoms with Crippen molar-refractivity contribution in [2.75, 3.05) is 5.32 Å². The number of hydrogen-bond acceptors (Lipinski definition) is 6. The van der Waals surface area contributed by atoms with E-state index in [1.807, 2.05) is 6.92 Å². The summed E-state index contributed by atoms with van der Waals surface area (Å²) in [5.74, 6) is -0.202. The number of oxime groups is 1. The minimum Gasteiger partial charge on any atom is -0.392 e. The second-order valence-corrected chi connectivity index (χ2v) is 7.35. The van der Waals surface area contributed by atoms with Crippen LogP contribution in [0, 0.1) is 5.41 Å². The molecule has 1 aromatic heterocycles. The van der Waals surface area contributed by atoms with Gasteiger partial charge in [-0.15, -0.1) is 0 Å². The van der Waals surface area contributed by atoms with E-state index in [1.165, 1.54) is 11.3 Å². The third-order valence-electron chi connectivity index (χ3n) is 3.54. The molecule has 1 amide bonds. The summed E-state index contributed by atoms with van der Waals surface area (Å²) in [5, 5.41) is 6.92. The highest BCUT2D eigenvalue weighted by Gasteiger charge is 2.34. The third-order valence-corrected chi connectivity index (χ3v) is 4.60. The Hall–Kier alpha value is -1.76. The number of rotatable bonds is 2. The van der Waals surface area contributed by atoms with Gasteiger partial charge in [0, 0.05) is 12.8 Å². The zero-order valence-electron chi connectivity index (χ0n) is 12.2. The van der Waals surface area contributed by atoms with Crippen LogP contribution in [-0.2, 0) is 16.1 Å². The van der Waals surface area contributed by atoms with Crippen molar-refractivity contribution in [1.29, 1.82) is 0 Å². The molecule has 1 atom stereocenters. The Morgan fingerprint density at radius 2 is 2.19 bits per heavy atom. The molecule has 1 aliphatic carbocycles. The molecule has 3 rings (SSSR count). The summed E-state index contributed by atoms with van der Waals surface area (Å²) in [5.41, 5.74) is 1.08. The largest absolute Gasteiger partial charge is 0.392 e. The van der Waals surface area contributed by atoms with Gasteiger partial charge in [-0.05, 0) is 18.8 Å². The van der Waals surface area contributed by atoms with Crippen LogP contribution in [0.15, 0.2) is 5.16 Å². The van der Waals surface area contributed by atoms with Gasteiger partial charge >= 0.3 is 0 Å². The van der Waals surface area contributed by atoms with Crippen LogP contribution in [0.2, 0.25) is 0 Å². The summed E-state index contributed by atoms with van der Waals surface area (Å²) in [6.45, 7) is 5.96. The summed E-state index contributed by atoms with van der Waals surface area (Å²) in [6, 6.07) is 0. The maximum absolute atomic E-state index is 12.1. The van der Waals surface area contributed by atoms with Crippen LogP contribution in [0.25, 0.3) is 0 Å². The molecular weight excluding hydrogens is 290 g/mol. The van der Waals surface area contributed by atoms with Gasteiger partial charge in [-0.3, -0.25) is 14.9 Å². The molecule has 0 saturated heterocycles. The van der Waals surface area contributed by atoms with Gasteiger partial charge in [0.15, 0.2) is 10.9 Å². The Balaban J connectivity index is 1.77. The first-order valence-electron chi connectivity index (χ1n) is 6.91. The lowest BCUT2D eigenvalue weighted by molar-refractivity contribution is -0.110. The highest BCUT2D eigenvalue weighted by atomic mass is 32.1. The molecule has 0 spiro atoms. The summed E-state index contributed by atoms with van der Waals surface area (Å²) >= 11 is 1.24. The lowest BCUT2D eigenvalue weighted by Crippen LogP contribution is -2.26. The first kappa shape index (κ1) is 14.2. The molecule has 1 aliphatic heterocycles. The number of nitrogens with one attached hydrogen (secondary N) is 1. The van der Waals surface area contributed by atoms with Gasteiger partial charge in [0.25, 0.3) is 5.91 Å². The topological polar surface area (TPSA) is 80.7 Å². The molecule has 0 bridgehead atoms.